The maximum absolute atomic E-state index is 12.6. The summed E-state index contributed by atoms with van der Waals surface area (Å²) in [6.45, 7) is 2.27. The van der Waals surface area contributed by atoms with E-state index in [-0.39, 0.29) is 17.7 Å². The number of hydrogen-bond acceptors (Lipinski definition) is 4. The number of anilines is 1. The second kappa shape index (κ2) is 9.78. The van der Waals surface area contributed by atoms with Crippen molar-refractivity contribution in [1.82, 2.24) is 19.8 Å². The minimum atomic E-state index is -0.0847. The minimum Gasteiger partial charge on any atom is -0.346 e. The Morgan fingerprint density at radius 1 is 1.22 bits per heavy atom. The number of para-hydroxylation sites is 1. The number of piperidine rings is 1. The standard InChI is InChI=1S/C25H29N5O2/c1-29(17-21-15-20-5-3-4-6-22(20)30(21)2)24(31)10-8-18-7-9-23(27-16-18)28-25(32)19-11-13-26-14-12-19/h3-10,15-16,19,26H,11-14,17H2,1-2H3,(H,27,28,32)/b10-8+. The first-order valence-electron chi connectivity index (χ1n) is 11.0. The number of pyridine rings is 1. The summed E-state index contributed by atoms with van der Waals surface area (Å²) in [5, 5.41) is 7.31. The predicted molar refractivity (Wildman–Crippen MR) is 127 cm³/mol. The zero-order chi connectivity index (χ0) is 22.5. The van der Waals surface area contributed by atoms with E-state index in [1.807, 2.05) is 25.2 Å². The van der Waals surface area contributed by atoms with E-state index in [2.05, 4.69) is 38.4 Å². The van der Waals surface area contributed by atoms with E-state index in [0.29, 0.717) is 12.4 Å². The molecule has 2 N–H and O–H groups in total. The van der Waals surface area contributed by atoms with E-state index in [1.165, 1.54) is 5.39 Å². The van der Waals surface area contributed by atoms with Crippen molar-refractivity contribution in [3.63, 3.8) is 0 Å². The Kier molecular flexibility index (Phi) is 6.66. The molecular formula is C25H29N5O2. The average Bonchev–Trinajstić information content (AvgIpc) is 3.14. The van der Waals surface area contributed by atoms with Gasteiger partial charge in [0.15, 0.2) is 0 Å². The van der Waals surface area contributed by atoms with Crippen molar-refractivity contribution >= 4 is 34.6 Å². The van der Waals surface area contributed by atoms with Crippen LogP contribution in [0.25, 0.3) is 17.0 Å². The van der Waals surface area contributed by atoms with Crippen LogP contribution in [-0.4, -0.2) is 46.4 Å². The van der Waals surface area contributed by atoms with Crippen LogP contribution in [0.4, 0.5) is 5.82 Å². The predicted octanol–water partition coefficient (Wildman–Crippen LogP) is 3.18. The molecule has 1 fully saturated rings. The summed E-state index contributed by atoms with van der Waals surface area (Å²) in [6, 6.07) is 13.9. The molecule has 1 saturated heterocycles. The summed E-state index contributed by atoms with van der Waals surface area (Å²) in [4.78, 5) is 30.9. The summed E-state index contributed by atoms with van der Waals surface area (Å²) in [5.74, 6) is 0.503. The maximum Gasteiger partial charge on any atom is 0.246 e. The van der Waals surface area contributed by atoms with E-state index < -0.39 is 0 Å². The van der Waals surface area contributed by atoms with E-state index >= 15 is 0 Å². The van der Waals surface area contributed by atoms with E-state index in [9.17, 15) is 9.59 Å². The third-order valence-electron chi connectivity index (χ3n) is 5.99. The van der Waals surface area contributed by atoms with Gasteiger partial charge in [0.25, 0.3) is 0 Å². The molecule has 0 aliphatic carbocycles. The SMILES string of the molecule is CN(Cc1cc2ccccc2n1C)C(=O)/C=C/c1ccc(NC(=O)C2CCNCC2)nc1. The number of nitrogens with zero attached hydrogens (tertiary/aromatic N) is 3. The summed E-state index contributed by atoms with van der Waals surface area (Å²) in [6.07, 6.45) is 6.65. The topological polar surface area (TPSA) is 79.3 Å². The third kappa shape index (κ3) is 5.06. The summed E-state index contributed by atoms with van der Waals surface area (Å²) >= 11 is 0. The van der Waals surface area contributed by atoms with Crippen LogP contribution in [-0.2, 0) is 23.2 Å². The highest BCUT2D eigenvalue weighted by Gasteiger charge is 2.21. The highest BCUT2D eigenvalue weighted by molar-refractivity contribution is 5.93. The number of carbonyl (C=O) groups excluding carboxylic acids is 2. The average molecular weight is 432 g/mol. The number of amides is 2. The zero-order valence-corrected chi connectivity index (χ0v) is 18.5. The lowest BCUT2D eigenvalue weighted by Gasteiger charge is -2.21. The molecule has 3 heterocycles. The first-order chi connectivity index (χ1) is 15.5. The van der Waals surface area contributed by atoms with Crippen LogP contribution >= 0.6 is 0 Å². The second-order valence-electron chi connectivity index (χ2n) is 8.27. The normalized spacial score (nSPS) is 14.7. The fourth-order valence-electron chi connectivity index (χ4n) is 4.00. The van der Waals surface area contributed by atoms with Gasteiger partial charge in [0.05, 0.1) is 6.54 Å². The Hall–Kier alpha value is -3.45. The van der Waals surface area contributed by atoms with Gasteiger partial charge < -0.3 is 20.1 Å². The lowest BCUT2D eigenvalue weighted by molar-refractivity contribution is -0.125. The van der Waals surface area contributed by atoms with Gasteiger partial charge in [-0.15, -0.1) is 0 Å². The summed E-state index contributed by atoms with van der Waals surface area (Å²) in [7, 11) is 3.81. The molecule has 1 aliphatic rings. The number of likely N-dealkylation sites (N-methyl/N-ethyl adjacent to an activating group) is 1. The Labute approximate surface area is 188 Å². The summed E-state index contributed by atoms with van der Waals surface area (Å²) < 4.78 is 2.11. The molecular weight excluding hydrogens is 402 g/mol. The van der Waals surface area contributed by atoms with E-state index in [0.717, 1.165) is 42.7 Å². The number of fused-ring (bicyclic) bond motifs is 1. The number of benzene rings is 1. The molecule has 7 heteroatoms. The van der Waals surface area contributed by atoms with Crippen molar-refractivity contribution in [2.45, 2.75) is 19.4 Å². The molecule has 0 saturated carbocycles. The molecule has 0 unspecified atom stereocenters. The van der Waals surface area contributed by atoms with Crippen LogP contribution in [0.1, 0.15) is 24.1 Å². The molecule has 3 aromatic rings. The van der Waals surface area contributed by atoms with Crippen LogP contribution in [0.3, 0.4) is 0 Å². The van der Waals surface area contributed by atoms with Crippen LogP contribution < -0.4 is 10.6 Å². The van der Waals surface area contributed by atoms with Gasteiger partial charge >= 0.3 is 0 Å². The minimum absolute atomic E-state index is 0.0208. The summed E-state index contributed by atoms with van der Waals surface area (Å²) in [5.41, 5.74) is 3.03. The molecule has 32 heavy (non-hydrogen) atoms. The van der Waals surface area contributed by atoms with E-state index in [1.54, 1.807) is 36.4 Å². The molecule has 2 amide bonds. The number of carbonyl (C=O) groups is 2. The first kappa shape index (κ1) is 21.8. The van der Waals surface area contributed by atoms with Gasteiger partial charge in [0, 0.05) is 43.5 Å². The molecule has 1 aliphatic heterocycles. The Bertz CT molecular complexity index is 1130. The molecule has 7 nitrogen and oxygen atoms in total. The molecule has 0 atom stereocenters. The van der Waals surface area contributed by atoms with Crippen molar-refractivity contribution in [3.8, 4) is 0 Å². The lowest BCUT2D eigenvalue weighted by Crippen LogP contribution is -2.34. The number of aromatic nitrogens is 2. The van der Waals surface area contributed by atoms with Gasteiger partial charge in [-0.05, 0) is 67.2 Å². The van der Waals surface area contributed by atoms with Crippen LogP contribution in [0.2, 0.25) is 0 Å². The van der Waals surface area contributed by atoms with Gasteiger partial charge in [0.2, 0.25) is 11.8 Å². The fraction of sp³-hybridized carbons (Fsp3) is 0.320. The molecule has 166 valence electrons. The highest BCUT2D eigenvalue weighted by Crippen LogP contribution is 2.19. The lowest BCUT2D eigenvalue weighted by atomic mass is 9.97. The fourth-order valence-corrected chi connectivity index (χ4v) is 4.00. The van der Waals surface area contributed by atoms with Crippen molar-refractivity contribution < 1.29 is 9.59 Å². The maximum atomic E-state index is 12.6. The van der Waals surface area contributed by atoms with Crippen LogP contribution in [0, 0.1) is 5.92 Å². The van der Waals surface area contributed by atoms with Crippen molar-refractivity contribution in [3.05, 3.63) is 66.0 Å². The Morgan fingerprint density at radius 2 is 2.00 bits per heavy atom. The number of hydrogen-bond donors (Lipinski definition) is 2. The van der Waals surface area contributed by atoms with Crippen LogP contribution in [0.5, 0.6) is 0 Å². The van der Waals surface area contributed by atoms with Gasteiger partial charge in [-0.1, -0.05) is 18.2 Å². The molecule has 4 rings (SSSR count). The van der Waals surface area contributed by atoms with Gasteiger partial charge in [-0.2, -0.15) is 0 Å². The monoisotopic (exact) mass is 431 g/mol. The molecule has 2 aromatic heterocycles. The second-order valence-corrected chi connectivity index (χ2v) is 8.27. The largest absolute Gasteiger partial charge is 0.346 e. The van der Waals surface area contributed by atoms with Gasteiger partial charge in [-0.3, -0.25) is 9.59 Å². The van der Waals surface area contributed by atoms with Crippen molar-refractivity contribution in [2.75, 3.05) is 25.5 Å². The van der Waals surface area contributed by atoms with Crippen molar-refractivity contribution in [2.24, 2.45) is 13.0 Å². The number of nitrogens with one attached hydrogen (secondary N) is 2. The molecule has 0 radical (unpaired) electrons. The van der Waals surface area contributed by atoms with Crippen molar-refractivity contribution in [1.29, 1.82) is 0 Å². The molecule has 0 bridgehead atoms. The molecule has 1 aromatic carbocycles. The first-order valence-corrected chi connectivity index (χ1v) is 11.0. The third-order valence-corrected chi connectivity index (χ3v) is 5.99. The van der Waals surface area contributed by atoms with E-state index in [4.69, 9.17) is 0 Å². The van der Waals surface area contributed by atoms with Gasteiger partial charge in [-0.25, -0.2) is 4.98 Å². The quantitative estimate of drug-likeness (QED) is 0.588. The van der Waals surface area contributed by atoms with Gasteiger partial charge in [0.1, 0.15) is 5.82 Å². The highest BCUT2D eigenvalue weighted by atomic mass is 16.2. The number of aryl methyl sites for hydroxylation is 1. The molecule has 0 spiro atoms. The Balaban J connectivity index is 1.33. The smallest absolute Gasteiger partial charge is 0.246 e. The number of rotatable bonds is 6. The zero-order valence-electron chi connectivity index (χ0n) is 18.5. The Morgan fingerprint density at radius 3 is 2.72 bits per heavy atom. The van der Waals surface area contributed by atoms with Crippen LogP contribution in [0.15, 0.2) is 54.7 Å².